The molecule has 1 aliphatic heterocycles. The average molecular weight is 339 g/mol. The van der Waals surface area contributed by atoms with Gasteiger partial charge in [0.2, 0.25) is 10.0 Å². The van der Waals surface area contributed by atoms with Gasteiger partial charge in [-0.25, -0.2) is 8.42 Å². The van der Waals surface area contributed by atoms with E-state index in [0.29, 0.717) is 18.1 Å². The first-order valence-corrected chi connectivity index (χ1v) is 8.20. The molecule has 114 valence electrons. The second-order valence-electron chi connectivity index (χ2n) is 4.90. The van der Waals surface area contributed by atoms with Crippen LogP contribution in [0.25, 0.3) is 0 Å². The zero-order valence-electron chi connectivity index (χ0n) is 11.6. The molecule has 0 aromatic heterocycles. The number of hydrogen-bond acceptors (Lipinski definition) is 3. The molecule has 0 spiro atoms. The lowest BCUT2D eigenvalue weighted by molar-refractivity contribution is 0.293. The summed E-state index contributed by atoms with van der Waals surface area (Å²) in [5.41, 5.74) is 0.882. The Kier molecular flexibility index (Phi) is 6.28. The monoisotopic (exact) mass is 338 g/mol. The smallest absolute Gasteiger partial charge is 0.243 e. The summed E-state index contributed by atoms with van der Waals surface area (Å²) in [5.74, 6) is 0. The summed E-state index contributed by atoms with van der Waals surface area (Å²) in [4.78, 5) is 0.278. The third kappa shape index (κ3) is 3.65. The highest BCUT2D eigenvalue weighted by atomic mass is 35.5. The highest BCUT2D eigenvalue weighted by Crippen LogP contribution is 2.24. The Labute approximate surface area is 132 Å². The number of likely N-dealkylation sites (N-methyl/N-ethyl adjacent to an activating group) is 1. The second-order valence-corrected chi connectivity index (χ2v) is 7.25. The number of rotatable bonds is 3. The van der Waals surface area contributed by atoms with Gasteiger partial charge in [0.25, 0.3) is 0 Å². The molecule has 1 heterocycles. The van der Waals surface area contributed by atoms with Crippen LogP contribution in [0.4, 0.5) is 0 Å². The van der Waals surface area contributed by atoms with Crippen LogP contribution in [0, 0.1) is 6.92 Å². The van der Waals surface area contributed by atoms with E-state index in [9.17, 15) is 8.42 Å². The SMILES string of the molecule is CNC1CCCN(S(=O)(=O)c2ccc(C)c(Cl)c2)C1.Cl. The Morgan fingerprint density at radius 3 is 2.70 bits per heavy atom. The molecule has 1 aromatic carbocycles. The lowest BCUT2D eigenvalue weighted by Gasteiger charge is -2.31. The number of piperidine rings is 1. The fourth-order valence-electron chi connectivity index (χ4n) is 2.28. The lowest BCUT2D eigenvalue weighted by atomic mass is 10.1. The van der Waals surface area contributed by atoms with Crippen LogP contribution in [0.2, 0.25) is 5.02 Å². The fourth-order valence-corrected chi connectivity index (χ4v) is 4.08. The predicted octanol–water partition coefficient (Wildman–Crippen LogP) is 2.44. The zero-order valence-corrected chi connectivity index (χ0v) is 14.0. The minimum Gasteiger partial charge on any atom is -0.316 e. The second kappa shape index (κ2) is 7.09. The first-order valence-electron chi connectivity index (χ1n) is 6.38. The standard InChI is InChI=1S/C13H19ClN2O2S.ClH/c1-10-5-6-12(8-13(10)14)19(17,18)16-7-3-4-11(9-16)15-2;/h5-6,8,11,15H,3-4,7,9H2,1-2H3;1H. The number of sulfonamides is 1. The minimum atomic E-state index is -3.44. The third-order valence-electron chi connectivity index (χ3n) is 3.57. The number of nitrogens with one attached hydrogen (secondary N) is 1. The quantitative estimate of drug-likeness (QED) is 0.920. The highest BCUT2D eigenvalue weighted by Gasteiger charge is 2.29. The van der Waals surface area contributed by atoms with E-state index in [1.807, 2.05) is 14.0 Å². The number of hydrogen-bond donors (Lipinski definition) is 1. The molecule has 7 heteroatoms. The molecule has 1 unspecified atom stereocenters. The predicted molar refractivity (Wildman–Crippen MR) is 84.3 cm³/mol. The maximum atomic E-state index is 12.6. The topological polar surface area (TPSA) is 49.4 Å². The van der Waals surface area contributed by atoms with E-state index < -0.39 is 10.0 Å². The molecule has 1 atom stereocenters. The van der Waals surface area contributed by atoms with Gasteiger partial charge in [0.05, 0.1) is 4.90 Å². The van der Waals surface area contributed by atoms with Crippen molar-refractivity contribution in [3.63, 3.8) is 0 Å². The van der Waals surface area contributed by atoms with Crippen molar-refractivity contribution < 1.29 is 8.42 Å². The summed E-state index contributed by atoms with van der Waals surface area (Å²) in [5, 5.41) is 3.63. The summed E-state index contributed by atoms with van der Waals surface area (Å²) < 4.78 is 26.6. The maximum absolute atomic E-state index is 12.6. The van der Waals surface area contributed by atoms with Gasteiger partial charge in [0.1, 0.15) is 0 Å². The molecule has 20 heavy (non-hydrogen) atoms. The molecule has 0 radical (unpaired) electrons. The summed E-state index contributed by atoms with van der Waals surface area (Å²) in [6.45, 7) is 2.95. The molecule has 4 nitrogen and oxygen atoms in total. The molecule has 2 rings (SSSR count). The van der Waals surface area contributed by atoms with Crippen LogP contribution in [0.15, 0.2) is 23.1 Å². The molecule has 1 N–H and O–H groups in total. The Bertz CT molecular complexity index is 563. The van der Waals surface area contributed by atoms with Crippen molar-refractivity contribution in [1.82, 2.24) is 9.62 Å². The molecule has 0 bridgehead atoms. The van der Waals surface area contributed by atoms with E-state index in [4.69, 9.17) is 11.6 Å². The van der Waals surface area contributed by atoms with Gasteiger partial charge in [-0.3, -0.25) is 0 Å². The van der Waals surface area contributed by atoms with Crippen molar-refractivity contribution >= 4 is 34.0 Å². The first kappa shape index (κ1) is 17.7. The number of nitrogens with zero attached hydrogens (tertiary/aromatic N) is 1. The van der Waals surface area contributed by atoms with Crippen molar-refractivity contribution in [3.05, 3.63) is 28.8 Å². The van der Waals surface area contributed by atoms with Gasteiger partial charge < -0.3 is 5.32 Å². The van der Waals surface area contributed by atoms with Crippen LogP contribution in [-0.2, 0) is 10.0 Å². The van der Waals surface area contributed by atoms with Crippen LogP contribution in [0.1, 0.15) is 18.4 Å². The van der Waals surface area contributed by atoms with Gasteiger partial charge in [-0.1, -0.05) is 17.7 Å². The van der Waals surface area contributed by atoms with E-state index in [-0.39, 0.29) is 23.3 Å². The molecule has 1 aromatic rings. The Morgan fingerprint density at radius 2 is 2.10 bits per heavy atom. The molecule has 0 aliphatic carbocycles. The van der Waals surface area contributed by atoms with Crippen LogP contribution in [0.5, 0.6) is 0 Å². The van der Waals surface area contributed by atoms with Gasteiger partial charge in [0, 0.05) is 24.2 Å². The lowest BCUT2D eigenvalue weighted by Crippen LogP contribution is -2.46. The van der Waals surface area contributed by atoms with Gasteiger partial charge in [-0.2, -0.15) is 4.31 Å². The van der Waals surface area contributed by atoms with E-state index in [0.717, 1.165) is 18.4 Å². The van der Waals surface area contributed by atoms with Gasteiger partial charge in [0.15, 0.2) is 0 Å². The normalized spacial score (nSPS) is 20.4. The molecule has 0 amide bonds. The third-order valence-corrected chi connectivity index (χ3v) is 5.84. The van der Waals surface area contributed by atoms with Crippen molar-refractivity contribution in [1.29, 1.82) is 0 Å². The van der Waals surface area contributed by atoms with Crippen LogP contribution in [-0.4, -0.2) is 38.9 Å². The fraction of sp³-hybridized carbons (Fsp3) is 0.538. The molecular weight excluding hydrogens is 319 g/mol. The highest BCUT2D eigenvalue weighted by molar-refractivity contribution is 7.89. The Morgan fingerprint density at radius 1 is 1.40 bits per heavy atom. The van der Waals surface area contributed by atoms with Crippen molar-refractivity contribution in [2.45, 2.75) is 30.7 Å². The Balaban J connectivity index is 0.00000200. The minimum absolute atomic E-state index is 0. The van der Waals surface area contributed by atoms with Crippen molar-refractivity contribution in [2.75, 3.05) is 20.1 Å². The Hall–Kier alpha value is -0.330. The summed E-state index contributed by atoms with van der Waals surface area (Å²) >= 11 is 6.02. The largest absolute Gasteiger partial charge is 0.316 e. The van der Waals surface area contributed by atoms with Crippen molar-refractivity contribution in [2.24, 2.45) is 0 Å². The molecular formula is C13H20Cl2N2O2S. The van der Waals surface area contributed by atoms with E-state index in [2.05, 4.69) is 5.32 Å². The molecule has 1 fully saturated rings. The van der Waals surface area contributed by atoms with E-state index in [1.54, 1.807) is 16.4 Å². The number of benzene rings is 1. The van der Waals surface area contributed by atoms with E-state index >= 15 is 0 Å². The van der Waals surface area contributed by atoms with E-state index in [1.165, 1.54) is 6.07 Å². The summed E-state index contributed by atoms with van der Waals surface area (Å²) in [6, 6.07) is 5.13. The average Bonchev–Trinajstić information content (AvgIpc) is 2.41. The van der Waals surface area contributed by atoms with Gasteiger partial charge in [-0.15, -0.1) is 12.4 Å². The summed E-state index contributed by atoms with van der Waals surface area (Å²) in [7, 11) is -1.57. The number of aryl methyl sites for hydroxylation is 1. The summed E-state index contributed by atoms with van der Waals surface area (Å²) in [6.07, 6.45) is 1.89. The van der Waals surface area contributed by atoms with Gasteiger partial charge in [-0.05, 0) is 44.5 Å². The van der Waals surface area contributed by atoms with Crippen LogP contribution in [0.3, 0.4) is 0 Å². The zero-order chi connectivity index (χ0) is 14.0. The van der Waals surface area contributed by atoms with Crippen LogP contribution >= 0.6 is 24.0 Å². The number of halogens is 2. The first-order chi connectivity index (χ1) is 8.95. The molecule has 1 aliphatic rings. The molecule has 1 saturated heterocycles. The maximum Gasteiger partial charge on any atom is 0.243 e. The van der Waals surface area contributed by atoms with Gasteiger partial charge >= 0.3 is 0 Å². The van der Waals surface area contributed by atoms with Crippen molar-refractivity contribution in [3.8, 4) is 0 Å². The van der Waals surface area contributed by atoms with Crippen LogP contribution < -0.4 is 5.32 Å². The molecule has 0 saturated carbocycles.